The van der Waals surface area contributed by atoms with Gasteiger partial charge in [0.1, 0.15) is 11.6 Å². The Hall–Kier alpha value is -1.91. The van der Waals surface area contributed by atoms with Crippen LogP contribution in [0.15, 0.2) is 23.5 Å². The van der Waals surface area contributed by atoms with Crippen LogP contribution in [0.3, 0.4) is 0 Å². The first kappa shape index (κ1) is 10.6. The van der Waals surface area contributed by atoms with Crippen molar-refractivity contribution in [1.29, 1.82) is 0 Å². The van der Waals surface area contributed by atoms with Crippen molar-refractivity contribution < 1.29 is 4.79 Å². The minimum atomic E-state index is -0.239. The van der Waals surface area contributed by atoms with Crippen LogP contribution in [0.4, 0.5) is 5.82 Å². The van der Waals surface area contributed by atoms with E-state index in [4.69, 9.17) is 0 Å². The van der Waals surface area contributed by atoms with E-state index in [1.165, 1.54) is 11.0 Å². The van der Waals surface area contributed by atoms with Gasteiger partial charge in [0.2, 0.25) is 5.91 Å². The minimum Gasteiger partial charge on any atom is -0.311 e. The Kier molecular flexibility index (Phi) is 2.60. The maximum Gasteiger partial charge on any atom is 0.252 e. The topological polar surface area (TPSA) is 66.1 Å². The van der Waals surface area contributed by atoms with Crippen LogP contribution < -0.4 is 10.5 Å². The first-order valence-corrected chi connectivity index (χ1v) is 5.11. The van der Waals surface area contributed by atoms with E-state index >= 15 is 0 Å². The number of rotatable bonds is 2. The van der Waals surface area contributed by atoms with Gasteiger partial charge in [0, 0.05) is 24.9 Å². The van der Waals surface area contributed by atoms with E-state index in [0.29, 0.717) is 24.6 Å². The number of hydrogen-bond acceptors (Lipinski definition) is 3. The molecule has 0 radical (unpaired) electrons. The molecule has 2 rings (SSSR count). The van der Waals surface area contributed by atoms with Gasteiger partial charge in [-0.25, -0.2) is 4.98 Å². The summed E-state index contributed by atoms with van der Waals surface area (Å²) in [6, 6.07) is 1.34. The van der Waals surface area contributed by atoms with Crippen LogP contribution in [-0.4, -0.2) is 22.4 Å². The second-order valence-electron chi connectivity index (χ2n) is 3.89. The van der Waals surface area contributed by atoms with Crippen LogP contribution in [0.5, 0.6) is 0 Å². The average Bonchev–Trinajstić information content (AvgIpc) is 2.58. The second-order valence-corrected chi connectivity index (χ2v) is 3.89. The number of nitrogens with zero attached hydrogens (tertiary/aromatic N) is 2. The lowest BCUT2D eigenvalue weighted by atomic mass is 10.1. The molecule has 0 aromatic carbocycles. The highest BCUT2D eigenvalue weighted by molar-refractivity contribution is 5.95. The average molecular weight is 219 g/mol. The van der Waals surface area contributed by atoms with Crippen LogP contribution in [0.1, 0.15) is 12.2 Å². The summed E-state index contributed by atoms with van der Waals surface area (Å²) in [5.74, 6) is 1.07. The molecule has 1 aliphatic rings. The summed E-state index contributed by atoms with van der Waals surface area (Å²) in [5, 5.41) is 0. The number of anilines is 1. The second kappa shape index (κ2) is 3.92. The largest absolute Gasteiger partial charge is 0.311 e. The number of aromatic nitrogens is 2. The molecular weight excluding hydrogens is 206 g/mol. The predicted molar refractivity (Wildman–Crippen MR) is 60.3 cm³/mol. The van der Waals surface area contributed by atoms with Gasteiger partial charge in [-0.2, -0.15) is 0 Å². The molecule has 0 spiro atoms. The highest BCUT2D eigenvalue weighted by Crippen LogP contribution is 2.22. The number of amides is 1. The maximum absolute atomic E-state index is 11.7. The van der Waals surface area contributed by atoms with Gasteiger partial charge in [-0.1, -0.05) is 6.08 Å². The van der Waals surface area contributed by atoms with Crippen LogP contribution in [-0.2, 0) is 4.79 Å². The van der Waals surface area contributed by atoms with Gasteiger partial charge in [-0.3, -0.25) is 14.5 Å². The summed E-state index contributed by atoms with van der Waals surface area (Å²) >= 11 is 0. The number of aromatic amines is 1. The number of H-pyrrole nitrogens is 1. The van der Waals surface area contributed by atoms with Crippen LogP contribution in [0, 0.1) is 12.8 Å². The van der Waals surface area contributed by atoms with Crippen molar-refractivity contribution in [3.8, 4) is 0 Å². The fraction of sp³-hybridized carbons (Fsp3) is 0.364. The highest BCUT2D eigenvalue weighted by atomic mass is 16.2. The number of hydrogen-bond donors (Lipinski definition) is 1. The smallest absolute Gasteiger partial charge is 0.252 e. The van der Waals surface area contributed by atoms with E-state index in [9.17, 15) is 9.59 Å². The van der Waals surface area contributed by atoms with E-state index in [2.05, 4.69) is 16.5 Å². The molecule has 1 aromatic heterocycles. The molecular formula is C11H13N3O2. The molecule has 5 nitrogen and oxygen atoms in total. The van der Waals surface area contributed by atoms with Crippen molar-refractivity contribution >= 4 is 11.7 Å². The van der Waals surface area contributed by atoms with Gasteiger partial charge in [-0.15, -0.1) is 6.58 Å². The molecule has 1 aromatic rings. The standard InChI is InChI=1S/C11H13N3O2/c1-3-8-4-11(16)14(6-8)9-5-10(15)13-7(2)12-9/h3,5,8H,1,4,6H2,2H3,(H,12,13,15). The summed E-state index contributed by atoms with van der Waals surface area (Å²) < 4.78 is 0. The normalized spacial score (nSPS) is 20.2. The lowest BCUT2D eigenvalue weighted by molar-refractivity contribution is -0.117. The monoisotopic (exact) mass is 219 g/mol. The van der Waals surface area contributed by atoms with E-state index < -0.39 is 0 Å². The summed E-state index contributed by atoms with van der Waals surface area (Å²) in [4.78, 5) is 31.2. The number of aryl methyl sites for hydroxylation is 1. The van der Waals surface area contributed by atoms with E-state index in [1.807, 2.05) is 0 Å². The summed E-state index contributed by atoms with van der Waals surface area (Å²) in [6.07, 6.45) is 2.20. The molecule has 0 bridgehead atoms. The van der Waals surface area contributed by atoms with Crippen LogP contribution in [0.2, 0.25) is 0 Å². The molecule has 1 aliphatic heterocycles. The summed E-state index contributed by atoms with van der Waals surface area (Å²) in [5.41, 5.74) is -0.239. The molecule has 1 unspecified atom stereocenters. The molecule has 1 fully saturated rings. The van der Waals surface area contributed by atoms with Gasteiger partial charge < -0.3 is 4.98 Å². The SMILES string of the molecule is C=CC1CC(=O)N(c2cc(=O)[nH]c(C)n2)C1. The quantitative estimate of drug-likeness (QED) is 0.741. The van der Waals surface area contributed by atoms with E-state index in [-0.39, 0.29) is 17.4 Å². The third kappa shape index (κ3) is 1.88. The first-order valence-electron chi connectivity index (χ1n) is 5.11. The third-order valence-electron chi connectivity index (χ3n) is 2.61. The number of carbonyl (C=O) groups is 1. The first-order chi connectivity index (χ1) is 7.60. The number of carbonyl (C=O) groups excluding carboxylic acids is 1. The van der Waals surface area contributed by atoms with Gasteiger partial charge >= 0.3 is 0 Å². The van der Waals surface area contributed by atoms with Gasteiger partial charge in [0.15, 0.2) is 0 Å². The molecule has 2 heterocycles. The summed E-state index contributed by atoms with van der Waals surface area (Å²) in [7, 11) is 0. The molecule has 84 valence electrons. The molecule has 1 atom stereocenters. The van der Waals surface area contributed by atoms with Crippen LogP contribution >= 0.6 is 0 Å². The Morgan fingerprint density at radius 3 is 2.94 bits per heavy atom. The summed E-state index contributed by atoms with van der Waals surface area (Å²) in [6.45, 7) is 5.92. The van der Waals surface area contributed by atoms with Crippen molar-refractivity contribution in [3.05, 3.63) is 34.9 Å². The fourth-order valence-corrected chi connectivity index (χ4v) is 1.82. The van der Waals surface area contributed by atoms with Gasteiger partial charge in [0.05, 0.1) is 0 Å². The van der Waals surface area contributed by atoms with Gasteiger partial charge in [0.25, 0.3) is 5.56 Å². The molecule has 16 heavy (non-hydrogen) atoms. The van der Waals surface area contributed by atoms with E-state index in [1.54, 1.807) is 13.0 Å². The molecule has 1 saturated heterocycles. The van der Waals surface area contributed by atoms with Crippen molar-refractivity contribution in [2.24, 2.45) is 5.92 Å². The van der Waals surface area contributed by atoms with Crippen molar-refractivity contribution in [1.82, 2.24) is 9.97 Å². The molecule has 1 amide bonds. The Labute approximate surface area is 92.8 Å². The van der Waals surface area contributed by atoms with Crippen molar-refractivity contribution in [2.75, 3.05) is 11.4 Å². The zero-order chi connectivity index (χ0) is 11.7. The van der Waals surface area contributed by atoms with Crippen molar-refractivity contribution in [2.45, 2.75) is 13.3 Å². The zero-order valence-electron chi connectivity index (χ0n) is 9.06. The number of nitrogens with one attached hydrogen (secondary N) is 1. The Morgan fingerprint density at radius 1 is 1.62 bits per heavy atom. The molecule has 0 saturated carbocycles. The Bertz CT molecular complexity index is 492. The van der Waals surface area contributed by atoms with Crippen LogP contribution in [0.25, 0.3) is 0 Å². The zero-order valence-corrected chi connectivity index (χ0v) is 9.06. The minimum absolute atomic E-state index is 0.0117. The third-order valence-corrected chi connectivity index (χ3v) is 2.61. The molecule has 0 aliphatic carbocycles. The predicted octanol–water partition coefficient (Wildman–Crippen LogP) is 0.617. The maximum atomic E-state index is 11.7. The lowest BCUT2D eigenvalue weighted by Gasteiger charge is -2.14. The highest BCUT2D eigenvalue weighted by Gasteiger charge is 2.29. The molecule has 5 heteroatoms. The van der Waals surface area contributed by atoms with E-state index in [0.717, 1.165) is 0 Å². The lowest BCUT2D eigenvalue weighted by Crippen LogP contribution is -2.27. The van der Waals surface area contributed by atoms with Crippen molar-refractivity contribution in [3.63, 3.8) is 0 Å². The van der Waals surface area contributed by atoms with Gasteiger partial charge in [-0.05, 0) is 6.92 Å². The molecule has 1 N–H and O–H groups in total. The Balaban J connectivity index is 2.34. The fourth-order valence-electron chi connectivity index (χ4n) is 1.82. The Morgan fingerprint density at radius 2 is 2.38 bits per heavy atom.